The third-order valence-electron chi connectivity index (χ3n) is 3.85. The highest BCUT2D eigenvalue weighted by molar-refractivity contribution is 7.99. The number of fused-ring (bicyclic) bond motifs is 3. The first-order valence-corrected chi connectivity index (χ1v) is 8.84. The van der Waals surface area contributed by atoms with Gasteiger partial charge in [-0.15, -0.1) is 10.2 Å². The zero-order valence-corrected chi connectivity index (χ0v) is 14.8. The third kappa shape index (κ3) is 3.31. The highest BCUT2D eigenvalue weighted by Gasteiger charge is 2.13. The summed E-state index contributed by atoms with van der Waals surface area (Å²) in [6.45, 7) is 0. The number of aryl methyl sites for hydroxylation is 1. The number of carbonyl (C=O) groups excluding carboxylic acids is 1. The highest BCUT2D eigenvalue weighted by atomic mass is 32.2. The molecule has 0 saturated carbocycles. The van der Waals surface area contributed by atoms with Crippen LogP contribution in [0.2, 0.25) is 0 Å². The Hall–Kier alpha value is -3.47. The molecule has 0 atom stereocenters. The minimum Gasteiger partial charge on any atom is -0.327 e. The van der Waals surface area contributed by atoms with E-state index in [1.54, 1.807) is 0 Å². The van der Waals surface area contributed by atoms with E-state index in [0.717, 1.165) is 28.7 Å². The molecule has 11 heteroatoms. The number of anilines is 1. The van der Waals surface area contributed by atoms with Crippen molar-refractivity contribution in [2.24, 2.45) is 7.05 Å². The molecule has 1 aromatic carbocycles. The molecule has 136 valence electrons. The third-order valence-corrected chi connectivity index (χ3v) is 4.69. The van der Waals surface area contributed by atoms with Crippen LogP contribution in [0, 0.1) is 0 Å². The molecule has 0 aliphatic rings. The first-order valence-electron chi connectivity index (χ1n) is 7.85. The molecule has 0 bridgehead atoms. The number of carbonyl (C=O) groups is 1. The monoisotopic (exact) mass is 383 g/mol. The number of nitrogens with one attached hydrogen (secondary N) is 3. The largest absolute Gasteiger partial charge is 0.327 e. The van der Waals surface area contributed by atoms with Gasteiger partial charge in [0.15, 0.2) is 5.65 Å². The zero-order chi connectivity index (χ0) is 19.0. The predicted octanol–water partition coefficient (Wildman–Crippen LogP) is 0.624. The van der Waals surface area contributed by atoms with Gasteiger partial charge in [-0.25, -0.2) is 9.78 Å². The minimum absolute atomic E-state index is 0.00798. The summed E-state index contributed by atoms with van der Waals surface area (Å²) in [5.74, 6) is -0.397. The number of nitrogens with zero attached hydrogens (tertiary/aromatic N) is 4. The quantitative estimate of drug-likeness (QED) is 0.439. The van der Waals surface area contributed by atoms with E-state index in [0.29, 0.717) is 16.3 Å². The van der Waals surface area contributed by atoms with Crippen LogP contribution in [0.25, 0.3) is 22.1 Å². The first-order chi connectivity index (χ1) is 13.0. The molecule has 0 saturated heterocycles. The number of para-hydroxylation sites is 1. The maximum atomic E-state index is 12.0. The van der Waals surface area contributed by atoms with Crippen molar-refractivity contribution in [3.8, 4) is 0 Å². The SMILES string of the molecule is Cn1c2ccccc2c2nnc(SCC(=O)Nc3cc(=O)[nH]c(=O)[nH]3)nc21. The molecular formula is C16H13N7O3S. The van der Waals surface area contributed by atoms with Crippen LogP contribution in [-0.2, 0) is 11.8 Å². The van der Waals surface area contributed by atoms with Crippen LogP contribution in [0.5, 0.6) is 0 Å². The Labute approximate surface area is 155 Å². The fraction of sp³-hybridized carbons (Fsp3) is 0.125. The van der Waals surface area contributed by atoms with E-state index >= 15 is 0 Å². The number of hydrogen-bond acceptors (Lipinski definition) is 7. The van der Waals surface area contributed by atoms with Gasteiger partial charge in [-0.1, -0.05) is 30.0 Å². The van der Waals surface area contributed by atoms with Gasteiger partial charge in [0, 0.05) is 18.5 Å². The van der Waals surface area contributed by atoms with Crippen LogP contribution in [0.3, 0.4) is 0 Å². The molecule has 4 rings (SSSR count). The van der Waals surface area contributed by atoms with Crippen LogP contribution in [0.1, 0.15) is 0 Å². The summed E-state index contributed by atoms with van der Waals surface area (Å²) < 4.78 is 1.92. The lowest BCUT2D eigenvalue weighted by Crippen LogP contribution is -2.25. The van der Waals surface area contributed by atoms with E-state index in [9.17, 15) is 14.4 Å². The van der Waals surface area contributed by atoms with Crippen molar-refractivity contribution in [2.75, 3.05) is 11.1 Å². The van der Waals surface area contributed by atoms with E-state index in [1.165, 1.54) is 0 Å². The minimum atomic E-state index is -0.695. The zero-order valence-electron chi connectivity index (χ0n) is 14.0. The maximum absolute atomic E-state index is 12.0. The molecule has 4 aromatic rings. The van der Waals surface area contributed by atoms with Crippen molar-refractivity contribution >= 4 is 45.6 Å². The topological polar surface area (TPSA) is 138 Å². The number of amides is 1. The Morgan fingerprint density at radius 1 is 1.22 bits per heavy atom. The van der Waals surface area contributed by atoms with E-state index in [-0.39, 0.29) is 11.6 Å². The van der Waals surface area contributed by atoms with Gasteiger partial charge in [0.05, 0.1) is 11.3 Å². The van der Waals surface area contributed by atoms with Gasteiger partial charge in [0.2, 0.25) is 11.1 Å². The molecule has 0 aliphatic carbocycles. The number of hydrogen-bond donors (Lipinski definition) is 3. The molecule has 1 amide bonds. The molecule has 3 heterocycles. The van der Waals surface area contributed by atoms with Crippen molar-refractivity contribution in [3.63, 3.8) is 0 Å². The second-order valence-corrected chi connectivity index (χ2v) is 6.62. The highest BCUT2D eigenvalue weighted by Crippen LogP contribution is 2.25. The van der Waals surface area contributed by atoms with Crippen molar-refractivity contribution in [1.82, 2.24) is 29.7 Å². The molecule has 0 radical (unpaired) electrons. The lowest BCUT2D eigenvalue weighted by atomic mass is 10.2. The number of H-pyrrole nitrogens is 2. The van der Waals surface area contributed by atoms with Crippen LogP contribution in [-0.4, -0.2) is 41.4 Å². The van der Waals surface area contributed by atoms with E-state index < -0.39 is 17.2 Å². The number of aromatic nitrogens is 6. The molecule has 0 fully saturated rings. The summed E-state index contributed by atoms with van der Waals surface area (Å²) in [6, 6.07) is 8.88. The molecular weight excluding hydrogens is 370 g/mol. The summed E-state index contributed by atoms with van der Waals surface area (Å²) in [7, 11) is 1.89. The van der Waals surface area contributed by atoms with Crippen molar-refractivity contribution < 1.29 is 4.79 Å². The number of thioether (sulfide) groups is 1. The van der Waals surface area contributed by atoms with Crippen molar-refractivity contribution in [3.05, 3.63) is 51.2 Å². The van der Waals surface area contributed by atoms with Crippen LogP contribution in [0.15, 0.2) is 45.1 Å². The lowest BCUT2D eigenvalue weighted by molar-refractivity contribution is -0.113. The molecule has 10 nitrogen and oxygen atoms in total. The summed E-state index contributed by atoms with van der Waals surface area (Å²) >= 11 is 1.10. The van der Waals surface area contributed by atoms with E-state index in [2.05, 4.69) is 25.5 Å². The van der Waals surface area contributed by atoms with E-state index in [1.807, 2.05) is 40.9 Å². The molecule has 0 aliphatic heterocycles. The average Bonchev–Trinajstić information content (AvgIpc) is 2.92. The smallest absolute Gasteiger partial charge is 0.327 e. The van der Waals surface area contributed by atoms with Gasteiger partial charge in [-0.2, -0.15) is 0 Å². The second kappa shape index (κ2) is 6.68. The van der Waals surface area contributed by atoms with Crippen LogP contribution < -0.4 is 16.6 Å². The predicted molar refractivity (Wildman–Crippen MR) is 101 cm³/mol. The Morgan fingerprint density at radius 2 is 2.04 bits per heavy atom. The molecule has 3 N–H and O–H groups in total. The van der Waals surface area contributed by atoms with Gasteiger partial charge in [0.25, 0.3) is 5.56 Å². The molecule has 0 unspecified atom stereocenters. The summed E-state index contributed by atoms with van der Waals surface area (Å²) in [5, 5.41) is 12.1. The van der Waals surface area contributed by atoms with Crippen LogP contribution in [0.4, 0.5) is 5.82 Å². The lowest BCUT2D eigenvalue weighted by Gasteiger charge is -2.03. The normalized spacial score (nSPS) is 11.1. The number of aromatic amines is 2. The fourth-order valence-corrected chi connectivity index (χ4v) is 3.29. The van der Waals surface area contributed by atoms with Gasteiger partial charge < -0.3 is 9.88 Å². The van der Waals surface area contributed by atoms with Gasteiger partial charge in [-0.05, 0) is 6.07 Å². The van der Waals surface area contributed by atoms with Crippen LogP contribution >= 0.6 is 11.8 Å². The summed E-state index contributed by atoms with van der Waals surface area (Å²) in [4.78, 5) is 43.3. The Kier molecular flexibility index (Phi) is 4.20. The van der Waals surface area contributed by atoms with Gasteiger partial charge >= 0.3 is 5.69 Å². The van der Waals surface area contributed by atoms with Crippen molar-refractivity contribution in [1.29, 1.82) is 0 Å². The fourth-order valence-electron chi connectivity index (χ4n) is 2.71. The van der Waals surface area contributed by atoms with Gasteiger partial charge in [-0.3, -0.25) is 19.6 Å². The number of benzene rings is 1. The standard InChI is InChI=1S/C16H13N7O3S/c1-23-9-5-3-2-4-8(9)13-14(23)20-16(22-21-13)27-7-12(25)17-10-6-11(24)19-15(26)18-10/h2-6H,7H2,1H3,(H3,17,18,19,24,25,26). The molecule has 27 heavy (non-hydrogen) atoms. The molecule has 0 spiro atoms. The second-order valence-electron chi connectivity index (χ2n) is 5.68. The molecule has 3 aromatic heterocycles. The Morgan fingerprint density at radius 3 is 2.85 bits per heavy atom. The summed E-state index contributed by atoms with van der Waals surface area (Å²) in [6.07, 6.45) is 0. The Balaban J connectivity index is 1.52. The average molecular weight is 383 g/mol. The maximum Gasteiger partial charge on any atom is 0.327 e. The van der Waals surface area contributed by atoms with Gasteiger partial charge in [0.1, 0.15) is 11.3 Å². The first kappa shape index (κ1) is 17.0. The number of rotatable bonds is 4. The van der Waals surface area contributed by atoms with Crippen molar-refractivity contribution in [2.45, 2.75) is 5.16 Å². The Bertz CT molecular complexity index is 1260. The summed E-state index contributed by atoms with van der Waals surface area (Å²) in [5.41, 5.74) is 1.07. The van der Waals surface area contributed by atoms with E-state index in [4.69, 9.17) is 0 Å².